The smallest absolute Gasteiger partial charge is 0.244 e. The van der Waals surface area contributed by atoms with Crippen LogP contribution in [0.3, 0.4) is 0 Å². The minimum absolute atomic E-state index is 0.0441. The van der Waals surface area contributed by atoms with E-state index in [0.29, 0.717) is 12.0 Å². The number of hydrogen-bond donors (Lipinski definition) is 1. The van der Waals surface area contributed by atoms with Gasteiger partial charge in [0.05, 0.1) is 4.90 Å². The van der Waals surface area contributed by atoms with Crippen LogP contribution < -0.4 is 5.32 Å². The molecule has 0 spiro atoms. The van der Waals surface area contributed by atoms with Crippen LogP contribution in [0.4, 0.5) is 0 Å². The standard InChI is InChI=1S/C24H33N3O3S/c1-17-10-11-18(2)23(14-17)31(29,30)27-16-21-9-7-6-8-20(21)15-22(27)24(28)25-19(3)12-13-26(4)5/h6-11,14,19,22H,12-13,15-16H2,1-5H3,(H,25,28). The van der Waals surface area contributed by atoms with E-state index in [2.05, 4.69) is 10.2 Å². The Labute approximate surface area is 186 Å². The van der Waals surface area contributed by atoms with Gasteiger partial charge in [-0.1, -0.05) is 36.4 Å². The van der Waals surface area contributed by atoms with Crippen molar-refractivity contribution in [2.24, 2.45) is 0 Å². The Hall–Kier alpha value is -2.22. The Balaban J connectivity index is 1.95. The molecule has 2 aromatic carbocycles. The molecule has 0 bridgehead atoms. The first-order valence-electron chi connectivity index (χ1n) is 10.7. The van der Waals surface area contributed by atoms with Crippen molar-refractivity contribution in [2.75, 3.05) is 20.6 Å². The van der Waals surface area contributed by atoms with Crippen LogP contribution in [0.2, 0.25) is 0 Å². The van der Waals surface area contributed by atoms with Gasteiger partial charge < -0.3 is 10.2 Å². The fourth-order valence-electron chi connectivity index (χ4n) is 3.95. The molecule has 0 radical (unpaired) electrons. The first-order valence-corrected chi connectivity index (χ1v) is 12.1. The summed E-state index contributed by atoms with van der Waals surface area (Å²) in [5.74, 6) is -0.241. The number of carbonyl (C=O) groups excluding carboxylic acids is 1. The molecule has 1 aliphatic heterocycles. The van der Waals surface area contributed by atoms with Gasteiger partial charge in [-0.05, 0) is 82.6 Å². The molecule has 6 nitrogen and oxygen atoms in total. The number of fused-ring (bicyclic) bond motifs is 1. The van der Waals surface area contributed by atoms with Gasteiger partial charge in [0.2, 0.25) is 15.9 Å². The van der Waals surface area contributed by atoms with Gasteiger partial charge in [0.1, 0.15) is 6.04 Å². The maximum Gasteiger partial charge on any atom is 0.244 e. The van der Waals surface area contributed by atoms with Crippen molar-refractivity contribution in [1.29, 1.82) is 0 Å². The predicted octanol–water partition coefficient (Wildman–Crippen LogP) is 2.88. The minimum Gasteiger partial charge on any atom is -0.352 e. The van der Waals surface area contributed by atoms with Crippen molar-refractivity contribution in [1.82, 2.24) is 14.5 Å². The minimum atomic E-state index is -3.85. The van der Waals surface area contributed by atoms with Gasteiger partial charge in [-0.2, -0.15) is 4.31 Å². The normalized spacial score (nSPS) is 17.9. The van der Waals surface area contributed by atoms with E-state index in [0.717, 1.165) is 29.7 Å². The second-order valence-electron chi connectivity index (χ2n) is 8.81. The monoisotopic (exact) mass is 443 g/mol. The molecule has 3 rings (SSSR count). The van der Waals surface area contributed by atoms with Gasteiger partial charge in [0, 0.05) is 12.6 Å². The lowest BCUT2D eigenvalue weighted by Gasteiger charge is -2.36. The Bertz CT molecular complexity index is 1050. The van der Waals surface area contributed by atoms with E-state index >= 15 is 0 Å². The maximum absolute atomic E-state index is 13.7. The Morgan fingerprint density at radius 1 is 1.16 bits per heavy atom. The van der Waals surface area contributed by atoms with Crippen LogP contribution >= 0.6 is 0 Å². The summed E-state index contributed by atoms with van der Waals surface area (Å²) in [6, 6.07) is 12.4. The molecule has 31 heavy (non-hydrogen) atoms. The van der Waals surface area contributed by atoms with Crippen molar-refractivity contribution in [3.05, 3.63) is 64.7 Å². The van der Waals surface area contributed by atoms with Crippen molar-refractivity contribution in [2.45, 2.75) is 57.1 Å². The fraction of sp³-hybridized carbons (Fsp3) is 0.458. The summed E-state index contributed by atoms with van der Waals surface area (Å²) in [5, 5.41) is 3.04. The summed E-state index contributed by atoms with van der Waals surface area (Å²) >= 11 is 0. The Kier molecular flexibility index (Phi) is 7.19. The SMILES string of the molecule is Cc1ccc(C)c(S(=O)(=O)N2Cc3ccccc3CC2C(=O)NC(C)CCN(C)C)c1. The van der Waals surface area contributed by atoms with Crippen LogP contribution in [0.15, 0.2) is 47.4 Å². The van der Waals surface area contributed by atoms with Gasteiger partial charge >= 0.3 is 0 Å². The highest BCUT2D eigenvalue weighted by Crippen LogP contribution is 2.31. The quantitative estimate of drug-likeness (QED) is 0.714. The third-order valence-corrected chi connectivity index (χ3v) is 7.83. The molecule has 1 heterocycles. The third kappa shape index (κ3) is 5.34. The lowest BCUT2D eigenvalue weighted by Crippen LogP contribution is -2.54. The number of amides is 1. The number of rotatable bonds is 7. The number of carbonyl (C=O) groups is 1. The van der Waals surface area contributed by atoms with Crippen LogP contribution in [0, 0.1) is 13.8 Å². The highest BCUT2D eigenvalue weighted by Gasteiger charge is 2.40. The number of nitrogens with one attached hydrogen (secondary N) is 1. The van der Waals surface area contributed by atoms with Crippen LogP contribution in [0.1, 0.15) is 35.6 Å². The zero-order valence-electron chi connectivity index (χ0n) is 19.1. The van der Waals surface area contributed by atoms with Crippen molar-refractivity contribution in [3.8, 4) is 0 Å². The van der Waals surface area contributed by atoms with E-state index in [4.69, 9.17) is 0 Å². The Morgan fingerprint density at radius 3 is 2.52 bits per heavy atom. The van der Waals surface area contributed by atoms with Crippen molar-refractivity contribution >= 4 is 15.9 Å². The molecule has 1 amide bonds. The van der Waals surface area contributed by atoms with Gasteiger partial charge in [-0.15, -0.1) is 0 Å². The predicted molar refractivity (Wildman–Crippen MR) is 123 cm³/mol. The summed E-state index contributed by atoms with van der Waals surface area (Å²) in [7, 11) is 0.133. The molecule has 0 aromatic heterocycles. The van der Waals surface area contributed by atoms with Crippen molar-refractivity contribution in [3.63, 3.8) is 0 Å². The number of benzene rings is 2. The molecule has 2 aromatic rings. The first kappa shape index (κ1) is 23.4. The van der Waals surface area contributed by atoms with Crippen LogP contribution in [-0.2, 0) is 27.8 Å². The summed E-state index contributed by atoms with van der Waals surface area (Å²) < 4.78 is 28.8. The molecule has 168 valence electrons. The highest BCUT2D eigenvalue weighted by atomic mass is 32.2. The molecule has 0 aliphatic carbocycles. The van der Waals surface area contributed by atoms with E-state index < -0.39 is 16.1 Å². The Morgan fingerprint density at radius 2 is 1.84 bits per heavy atom. The van der Waals surface area contributed by atoms with Crippen molar-refractivity contribution < 1.29 is 13.2 Å². The van der Waals surface area contributed by atoms with E-state index in [1.807, 2.05) is 64.3 Å². The number of sulfonamides is 1. The molecule has 1 N–H and O–H groups in total. The average Bonchev–Trinajstić information content (AvgIpc) is 2.72. The maximum atomic E-state index is 13.7. The molecule has 0 saturated carbocycles. The van der Waals surface area contributed by atoms with E-state index in [9.17, 15) is 13.2 Å². The molecular weight excluding hydrogens is 410 g/mol. The lowest BCUT2D eigenvalue weighted by molar-refractivity contribution is -0.125. The molecule has 2 unspecified atom stereocenters. The van der Waals surface area contributed by atoms with E-state index in [1.54, 1.807) is 13.0 Å². The number of nitrogens with zero attached hydrogens (tertiary/aromatic N) is 2. The molecule has 7 heteroatoms. The summed E-state index contributed by atoms with van der Waals surface area (Å²) in [5.41, 5.74) is 3.53. The fourth-order valence-corrected chi connectivity index (χ4v) is 5.83. The lowest BCUT2D eigenvalue weighted by atomic mass is 9.95. The second-order valence-corrected chi connectivity index (χ2v) is 10.7. The third-order valence-electron chi connectivity index (χ3n) is 5.84. The van der Waals surface area contributed by atoms with Crippen LogP contribution in [-0.4, -0.2) is 56.3 Å². The molecule has 0 saturated heterocycles. The zero-order chi connectivity index (χ0) is 22.8. The zero-order valence-corrected chi connectivity index (χ0v) is 19.9. The number of hydrogen-bond acceptors (Lipinski definition) is 4. The molecular formula is C24H33N3O3S. The van der Waals surface area contributed by atoms with Gasteiger partial charge in [0.15, 0.2) is 0 Å². The van der Waals surface area contributed by atoms with E-state index in [1.165, 1.54) is 4.31 Å². The summed E-state index contributed by atoms with van der Waals surface area (Å²) in [4.78, 5) is 15.6. The molecule has 1 aliphatic rings. The molecule has 0 fully saturated rings. The van der Waals surface area contributed by atoms with Gasteiger partial charge in [-0.3, -0.25) is 4.79 Å². The van der Waals surface area contributed by atoms with Crippen LogP contribution in [0.25, 0.3) is 0 Å². The largest absolute Gasteiger partial charge is 0.352 e. The highest BCUT2D eigenvalue weighted by molar-refractivity contribution is 7.89. The van der Waals surface area contributed by atoms with Gasteiger partial charge in [-0.25, -0.2) is 8.42 Å². The van der Waals surface area contributed by atoms with Crippen LogP contribution in [0.5, 0.6) is 0 Å². The summed E-state index contributed by atoms with van der Waals surface area (Å²) in [6.45, 7) is 6.67. The summed E-state index contributed by atoms with van der Waals surface area (Å²) in [6.07, 6.45) is 1.16. The van der Waals surface area contributed by atoms with E-state index in [-0.39, 0.29) is 23.4 Å². The first-order chi connectivity index (χ1) is 14.6. The second kappa shape index (κ2) is 9.51. The molecule has 2 atom stereocenters. The van der Waals surface area contributed by atoms with Gasteiger partial charge in [0.25, 0.3) is 0 Å². The average molecular weight is 444 g/mol. The topological polar surface area (TPSA) is 69.7 Å². The number of aryl methyl sites for hydroxylation is 2.